The van der Waals surface area contributed by atoms with Gasteiger partial charge in [0.05, 0.1) is 11.1 Å². The molecule has 1 fully saturated rings. The molecular weight excluding hydrogens is 241 g/mol. The molecule has 0 amide bonds. The highest BCUT2D eigenvalue weighted by Gasteiger charge is 2.24. The summed E-state index contributed by atoms with van der Waals surface area (Å²) in [6.07, 6.45) is 0.706. The van der Waals surface area contributed by atoms with Crippen molar-refractivity contribution in [2.75, 3.05) is 13.1 Å². The predicted molar refractivity (Wildman–Crippen MR) is 66.5 cm³/mol. The van der Waals surface area contributed by atoms with E-state index in [0.717, 1.165) is 18.5 Å². The van der Waals surface area contributed by atoms with Crippen LogP contribution in [0.4, 0.5) is 4.39 Å². The second-order valence-electron chi connectivity index (χ2n) is 4.82. The Morgan fingerprint density at radius 1 is 1.53 bits per heavy atom. The van der Waals surface area contributed by atoms with Crippen LogP contribution in [0, 0.1) is 11.7 Å². The largest absolute Gasteiger partial charge is 0.392 e. The molecule has 1 aliphatic rings. The van der Waals surface area contributed by atoms with Crippen LogP contribution in [0.25, 0.3) is 0 Å². The average Bonchev–Trinajstić information content (AvgIpc) is 2.29. The first-order valence-corrected chi connectivity index (χ1v) is 6.28. The van der Waals surface area contributed by atoms with Gasteiger partial charge >= 0.3 is 0 Å². The highest BCUT2D eigenvalue weighted by atomic mass is 35.5. The summed E-state index contributed by atoms with van der Waals surface area (Å²) in [5.41, 5.74) is 0.897. The molecule has 2 nitrogen and oxygen atoms in total. The van der Waals surface area contributed by atoms with Gasteiger partial charge in [0, 0.05) is 13.1 Å². The molecule has 1 saturated heterocycles. The van der Waals surface area contributed by atoms with Gasteiger partial charge in [-0.2, -0.15) is 0 Å². The summed E-state index contributed by atoms with van der Waals surface area (Å²) in [5.74, 6) is -0.0247. The SMILES string of the molecule is CC1CCN(Cc2ccc(Cl)c(F)c2)CC1O. The van der Waals surface area contributed by atoms with Gasteiger partial charge in [0.2, 0.25) is 0 Å². The molecule has 1 aromatic rings. The van der Waals surface area contributed by atoms with Crippen LogP contribution >= 0.6 is 11.6 Å². The van der Waals surface area contributed by atoms with E-state index in [1.165, 1.54) is 6.07 Å². The van der Waals surface area contributed by atoms with Gasteiger partial charge in [-0.1, -0.05) is 24.6 Å². The Morgan fingerprint density at radius 2 is 2.29 bits per heavy atom. The lowest BCUT2D eigenvalue weighted by Gasteiger charge is -2.34. The fourth-order valence-corrected chi connectivity index (χ4v) is 2.27. The molecule has 4 heteroatoms. The van der Waals surface area contributed by atoms with Crippen molar-refractivity contribution in [1.29, 1.82) is 0 Å². The number of aliphatic hydroxyl groups excluding tert-OH is 1. The number of aliphatic hydroxyl groups is 1. The predicted octanol–water partition coefficient (Wildman–Crippen LogP) is 2.68. The second-order valence-corrected chi connectivity index (χ2v) is 5.22. The van der Waals surface area contributed by atoms with E-state index in [1.54, 1.807) is 6.07 Å². The number of benzene rings is 1. The van der Waals surface area contributed by atoms with Crippen LogP contribution in [0.2, 0.25) is 5.02 Å². The van der Waals surface area contributed by atoms with Crippen molar-refractivity contribution in [3.05, 3.63) is 34.6 Å². The Morgan fingerprint density at radius 3 is 2.94 bits per heavy atom. The molecule has 1 heterocycles. The summed E-state index contributed by atoms with van der Waals surface area (Å²) in [6, 6.07) is 4.87. The number of likely N-dealkylation sites (tertiary alicyclic amines) is 1. The number of nitrogens with zero attached hydrogens (tertiary/aromatic N) is 1. The summed E-state index contributed by atoms with van der Waals surface area (Å²) in [6.45, 7) is 4.33. The van der Waals surface area contributed by atoms with Gasteiger partial charge in [-0.25, -0.2) is 4.39 Å². The van der Waals surface area contributed by atoms with E-state index in [1.807, 2.05) is 6.07 Å². The standard InChI is InChI=1S/C13H17ClFNO/c1-9-4-5-16(8-13(9)17)7-10-2-3-11(14)12(15)6-10/h2-3,6,9,13,17H,4-5,7-8H2,1H3. The number of hydrogen-bond acceptors (Lipinski definition) is 2. The Balaban J connectivity index is 1.99. The molecule has 1 aromatic carbocycles. The van der Waals surface area contributed by atoms with Crippen LogP contribution in [-0.4, -0.2) is 29.2 Å². The van der Waals surface area contributed by atoms with Gasteiger partial charge in [0.15, 0.2) is 0 Å². The first kappa shape index (κ1) is 12.8. The third-order valence-corrected chi connectivity index (χ3v) is 3.70. The van der Waals surface area contributed by atoms with Crippen LogP contribution in [0.3, 0.4) is 0 Å². The van der Waals surface area contributed by atoms with Crippen LogP contribution < -0.4 is 0 Å². The highest BCUT2D eigenvalue weighted by Crippen LogP contribution is 2.21. The van der Waals surface area contributed by atoms with Crippen molar-refractivity contribution in [2.24, 2.45) is 5.92 Å². The molecule has 1 N–H and O–H groups in total. The molecule has 0 saturated carbocycles. The maximum absolute atomic E-state index is 13.3. The van der Waals surface area contributed by atoms with Gasteiger partial charge < -0.3 is 5.11 Å². The maximum atomic E-state index is 13.3. The first-order valence-electron chi connectivity index (χ1n) is 5.90. The molecule has 2 atom stereocenters. The molecule has 2 unspecified atom stereocenters. The minimum atomic E-state index is -0.380. The molecule has 94 valence electrons. The topological polar surface area (TPSA) is 23.5 Å². The average molecular weight is 258 g/mol. The van der Waals surface area contributed by atoms with Gasteiger partial charge in [-0.15, -0.1) is 0 Å². The maximum Gasteiger partial charge on any atom is 0.142 e. The zero-order valence-corrected chi connectivity index (χ0v) is 10.6. The summed E-state index contributed by atoms with van der Waals surface area (Å²) in [5, 5.41) is 9.94. The van der Waals surface area contributed by atoms with E-state index >= 15 is 0 Å². The molecule has 17 heavy (non-hydrogen) atoms. The minimum Gasteiger partial charge on any atom is -0.392 e. The summed E-state index contributed by atoms with van der Waals surface area (Å²) in [4.78, 5) is 2.15. The van der Waals surface area contributed by atoms with Crippen LogP contribution in [0.1, 0.15) is 18.9 Å². The van der Waals surface area contributed by atoms with E-state index in [-0.39, 0.29) is 16.9 Å². The number of hydrogen-bond donors (Lipinski definition) is 1. The van der Waals surface area contributed by atoms with E-state index in [4.69, 9.17) is 11.6 Å². The van der Waals surface area contributed by atoms with Gasteiger partial charge in [-0.05, 0) is 36.6 Å². The molecular formula is C13H17ClFNO. The van der Waals surface area contributed by atoms with Crippen molar-refractivity contribution < 1.29 is 9.50 Å². The number of β-amino-alcohol motifs (C(OH)–C–C–N with tert-alkyl or cyclic N) is 1. The van der Waals surface area contributed by atoms with Crippen LogP contribution in [0.5, 0.6) is 0 Å². The summed E-state index contributed by atoms with van der Waals surface area (Å²) < 4.78 is 13.3. The van der Waals surface area contributed by atoms with E-state index in [2.05, 4.69) is 11.8 Å². The van der Waals surface area contributed by atoms with Gasteiger partial charge in [0.1, 0.15) is 5.82 Å². The molecule has 0 spiro atoms. The van der Waals surface area contributed by atoms with E-state index in [0.29, 0.717) is 19.0 Å². The minimum absolute atomic E-state index is 0.154. The molecule has 2 rings (SSSR count). The number of rotatable bonds is 2. The van der Waals surface area contributed by atoms with Crippen molar-refractivity contribution in [3.8, 4) is 0 Å². The lowest BCUT2D eigenvalue weighted by Crippen LogP contribution is -2.42. The van der Waals surface area contributed by atoms with Gasteiger partial charge in [-0.3, -0.25) is 4.90 Å². The van der Waals surface area contributed by atoms with Crippen molar-refractivity contribution in [1.82, 2.24) is 4.90 Å². The zero-order chi connectivity index (χ0) is 12.4. The lowest BCUT2D eigenvalue weighted by atomic mass is 9.96. The smallest absolute Gasteiger partial charge is 0.142 e. The Kier molecular flexibility index (Phi) is 4.02. The number of halogens is 2. The number of piperidine rings is 1. The summed E-state index contributed by atoms with van der Waals surface area (Å²) >= 11 is 5.64. The molecule has 0 aromatic heterocycles. The quantitative estimate of drug-likeness (QED) is 0.881. The van der Waals surface area contributed by atoms with Crippen molar-refractivity contribution in [2.45, 2.75) is 26.0 Å². The fourth-order valence-electron chi connectivity index (χ4n) is 2.15. The van der Waals surface area contributed by atoms with Crippen LogP contribution in [-0.2, 0) is 6.54 Å². The Labute approximate surface area is 106 Å². The Bertz CT molecular complexity index is 399. The van der Waals surface area contributed by atoms with Crippen molar-refractivity contribution in [3.63, 3.8) is 0 Å². The van der Waals surface area contributed by atoms with E-state index in [9.17, 15) is 9.50 Å². The molecule has 0 aliphatic carbocycles. The molecule has 0 radical (unpaired) electrons. The van der Waals surface area contributed by atoms with E-state index < -0.39 is 0 Å². The zero-order valence-electron chi connectivity index (χ0n) is 9.87. The normalized spacial score (nSPS) is 26.1. The molecule has 0 bridgehead atoms. The Hall–Kier alpha value is -0.640. The third kappa shape index (κ3) is 3.18. The molecule has 1 aliphatic heterocycles. The van der Waals surface area contributed by atoms with Crippen molar-refractivity contribution >= 4 is 11.6 Å². The lowest BCUT2D eigenvalue weighted by molar-refractivity contribution is 0.0259. The third-order valence-electron chi connectivity index (χ3n) is 3.39. The fraction of sp³-hybridized carbons (Fsp3) is 0.538. The second kappa shape index (κ2) is 5.34. The van der Waals surface area contributed by atoms with Gasteiger partial charge in [0.25, 0.3) is 0 Å². The van der Waals surface area contributed by atoms with Crippen LogP contribution in [0.15, 0.2) is 18.2 Å². The highest BCUT2D eigenvalue weighted by molar-refractivity contribution is 6.30. The monoisotopic (exact) mass is 257 g/mol. The summed E-state index contributed by atoms with van der Waals surface area (Å²) in [7, 11) is 0. The first-order chi connectivity index (χ1) is 8.06.